The maximum absolute atomic E-state index is 11.2. The van der Waals surface area contributed by atoms with Crippen LogP contribution in [-0.2, 0) is 4.79 Å². The highest BCUT2D eigenvalue weighted by Crippen LogP contribution is 2.20. The Labute approximate surface area is 72.0 Å². The Bertz CT molecular complexity index is 288. The summed E-state index contributed by atoms with van der Waals surface area (Å²) in [5.74, 6) is -0.124. The van der Waals surface area contributed by atoms with E-state index >= 15 is 0 Å². The molecule has 1 fully saturated rings. The Morgan fingerprint density at radius 1 is 1.67 bits per heavy atom. The third-order valence-corrected chi connectivity index (χ3v) is 2.24. The van der Waals surface area contributed by atoms with Crippen molar-refractivity contribution in [2.24, 2.45) is 0 Å². The van der Waals surface area contributed by atoms with Crippen LogP contribution in [0.1, 0.15) is 6.42 Å². The van der Waals surface area contributed by atoms with Crippen LogP contribution in [0, 0.1) is 0 Å². The monoisotopic (exact) mass is 186 g/mol. The minimum Gasteiger partial charge on any atom is -0.391 e. The second kappa shape index (κ2) is 2.76. The van der Waals surface area contributed by atoms with Crippen molar-refractivity contribution in [3.05, 3.63) is 0 Å². The van der Waals surface area contributed by atoms with Crippen molar-refractivity contribution in [1.29, 1.82) is 0 Å². The molecule has 1 atom stereocenters. The molecule has 6 nitrogen and oxygen atoms in total. The molecule has 1 unspecified atom stereocenters. The normalized spacial score (nSPS) is 23.6. The van der Waals surface area contributed by atoms with E-state index in [1.54, 1.807) is 0 Å². The second-order valence-electron chi connectivity index (χ2n) is 2.51. The molecular weight excluding hydrogens is 180 g/mol. The molecule has 0 aliphatic carbocycles. The van der Waals surface area contributed by atoms with Gasteiger partial charge >= 0.3 is 0 Å². The number of rotatable bonds is 1. The van der Waals surface area contributed by atoms with Crippen LogP contribution < -0.4 is 4.90 Å². The molecule has 0 spiro atoms. The molecule has 1 saturated heterocycles. The molecule has 64 valence electrons. The number of β-amino-alcohol motifs (C(OH)–C–C–N with tert-alkyl or cyclic N) is 1. The summed E-state index contributed by atoms with van der Waals surface area (Å²) in [4.78, 5) is 12.6. The van der Waals surface area contributed by atoms with E-state index in [1.807, 2.05) is 0 Å². The van der Waals surface area contributed by atoms with E-state index in [9.17, 15) is 4.79 Å². The van der Waals surface area contributed by atoms with Gasteiger partial charge in [-0.1, -0.05) is 9.59 Å². The molecule has 1 aliphatic heterocycles. The van der Waals surface area contributed by atoms with Gasteiger partial charge in [0.15, 0.2) is 0 Å². The highest BCUT2D eigenvalue weighted by Gasteiger charge is 2.31. The number of aromatic nitrogens is 3. The van der Waals surface area contributed by atoms with Crippen LogP contribution in [0.15, 0.2) is 0 Å². The zero-order chi connectivity index (χ0) is 8.55. The fraction of sp³-hybridized carbons (Fsp3) is 0.600. The van der Waals surface area contributed by atoms with Gasteiger partial charge in [0.1, 0.15) is 0 Å². The second-order valence-corrected chi connectivity index (χ2v) is 3.22. The number of carbonyl (C=O) groups is 1. The number of hydrogen-bond donors (Lipinski definition) is 1. The van der Waals surface area contributed by atoms with Crippen molar-refractivity contribution in [3.63, 3.8) is 0 Å². The Kier molecular flexibility index (Phi) is 1.74. The van der Waals surface area contributed by atoms with Crippen LogP contribution in [0.5, 0.6) is 0 Å². The van der Waals surface area contributed by atoms with E-state index < -0.39 is 6.10 Å². The minimum atomic E-state index is -0.582. The summed E-state index contributed by atoms with van der Waals surface area (Å²) < 4.78 is 3.53. The summed E-state index contributed by atoms with van der Waals surface area (Å²) in [5.41, 5.74) is 0. The van der Waals surface area contributed by atoms with Gasteiger partial charge in [0.05, 0.1) is 19.1 Å². The zero-order valence-electron chi connectivity index (χ0n) is 6.04. The maximum atomic E-state index is 11.2. The van der Waals surface area contributed by atoms with Crippen molar-refractivity contribution >= 4 is 22.6 Å². The van der Waals surface area contributed by atoms with Crippen LogP contribution in [0.2, 0.25) is 0 Å². The predicted octanol–water partition coefficient (Wildman–Crippen LogP) is -0.969. The van der Waals surface area contributed by atoms with Gasteiger partial charge in [-0.05, 0) is 5.21 Å². The van der Waals surface area contributed by atoms with E-state index in [0.29, 0.717) is 11.7 Å². The van der Waals surface area contributed by atoms with Crippen LogP contribution in [-0.4, -0.2) is 38.5 Å². The van der Waals surface area contributed by atoms with Gasteiger partial charge in [-0.15, -0.1) is 0 Å². The fourth-order valence-corrected chi connectivity index (χ4v) is 1.60. The molecule has 1 amide bonds. The summed E-state index contributed by atoms with van der Waals surface area (Å²) in [5, 5.41) is 16.6. The summed E-state index contributed by atoms with van der Waals surface area (Å²) in [6, 6.07) is 0. The average Bonchev–Trinajstić information content (AvgIpc) is 2.58. The lowest BCUT2D eigenvalue weighted by Crippen LogP contribution is -2.24. The van der Waals surface area contributed by atoms with E-state index in [-0.39, 0.29) is 12.3 Å². The smallest absolute Gasteiger partial charge is 0.234 e. The first-order chi connectivity index (χ1) is 5.77. The van der Waals surface area contributed by atoms with Gasteiger partial charge in [0.25, 0.3) is 0 Å². The Morgan fingerprint density at radius 3 is 3.00 bits per heavy atom. The first-order valence-electron chi connectivity index (χ1n) is 3.41. The Morgan fingerprint density at radius 2 is 2.50 bits per heavy atom. The van der Waals surface area contributed by atoms with Crippen molar-refractivity contribution in [2.75, 3.05) is 11.4 Å². The summed E-state index contributed by atoms with van der Waals surface area (Å²) in [6.45, 7) is 0.301. The third kappa shape index (κ3) is 1.16. The van der Waals surface area contributed by atoms with E-state index in [0.717, 1.165) is 11.5 Å². The molecule has 12 heavy (non-hydrogen) atoms. The number of aliphatic hydroxyl groups is 1. The van der Waals surface area contributed by atoms with Gasteiger partial charge in [0.2, 0.25) is 11.0 Å². The number of anilines is 1. The largest absolute Gasteiger partial charge is 0.391 e. The molecule has 1 aromatic rings. The quantitative estimate of drug-likeness (QED) is 0.610. The lowest BCUT2D eigenvalue weighted by atomic mass is 10.3. The summed E-state index contributed by atoms with van der Waals surface area (Å²) in [6.07, 6.45) is -0.416. The molecule has 1 N–H and O–H groups in total. The molecule has 2 heterocycles. The molecule has 1 aromatic heterocycles. The van der Waals surface area contributed by atoms with Gasteiger partial charge in [0, 0.05) is 11.5 Å². The predicted molar refractivity (Wildman–Crippen MR) is 40.7 cm³/mol. The fourth-order valence-electron chi connectivity index (χ4n) is 1.11. The van der Waals surface area contributed by atoms with Crippen molar-refractivity contribution in [3.8, 4) is 0 Å². The average molecular weight is 186 g/mol. The summed E-state index contributed by atoms with van der Waals surface area (Å²) >= 11 is 1.05. The lowest BCUT2D eigenvalue weighted by Gasteiger charge is -2.08. The standard InChI is InChI=1S/C5H6N4O2S/c10-3-1-4(11)9(2-3)5-6-7-8-12-5/h3,10H,1-2H2. The van der Waals surface area contributed by atoms with Crippen molar-refractivity contribution in [1.82, 2.24) is 14.8 Å². The highest BCUT2D eigenvalue weighted by atomic mass is 32.1. The van der Waals surface area contributed by atoms with Gasteiger partial charge in [-0.25, -0.2) is 0 Å². The van der Waals surface area contributed by atoms with Crippen molar-refractivity contribution in [2.45, 2.75) is 12.5 Å². The topological polar surface area (TPSA) is 79.2 Å². The number of nitrogens with zero attached hydrogens (tertiary/aromatic N) is 4. The number of amides is 1. The lowest BCUT2D eigenvalue weighted by molar-refractivity contribution is -0.117. The molecule has 1 aliphatic rings. The van der Waals surface area contributed by atoms with Crippen molar-refractivity contribution < 1.29 is 9.90 Å². The number of carbonyl (C=O) groups excluding carboxylic acids is 1. The minimum absolute atomic E-state index is 0.124. The first-order valence-corrected chi connectivity index (χ1v) is 4.18. The van der Waals surface area contributed by atoms with Crippen LogP contribution >= 0.6 is 11.5 Å². The molecule has 0 radical (unpaired) electrons. The zero-order valence-corrected chi connectivity index (χ0v) is 6.86. The van der Waals surface area contributed by atoms with Gasteiger partial charge < -0.3 is 5.11 Å². The highest BCUT2D eigenvalue weighted by molar-refractivity contribution is 7.09. The molecule has 0 aromatic carbocycles. The van der Waals surface area contributed by atoms with Crippen LogP contribution in [0.4, 0.5) is 5.13 Å². The Hall–Kier alpha value is -1.08. The van der Waals surface area contributed by atoms with Crippen LogP contribution in [0.3, 0.4) is 0 Å². The third-order valence-electron chi connectivity index (χ3n) is 1.62. The van der Waals surface area contributed by atoms with E-state index in [1.165, 1.54) is 4.90 Å². The summed E-state index contributed by atoms with van der Waals surface area (Å²) in [7, 11) is 0. The molecule has 7 heteroatoms. The van der Waals surface area contributed by atoms with E-state index in [2.05, 4.69) is 14.8 Å². The molecule has 2 rings (SSSR count). The maximum Gasteiger partial charge on any atom is 0.234 e. The van der Waals surface area contributed by atoms with Gasteiger partial charge in [-0.2, -0.15) is 0 Å². The number of aliphatic hydroxyl groups excluding tert-OH is 1. The number of hydrogen-bond acceptors (Lipinski definition) is 6. The molecular formula is C5H6N4O2S. The van der Waals surface area contributed by atoms with E-state index in [4.69, 9.17) is 5.11 Å². The SMILES string of the molecule is O=C1CC(O)CN1c1nnns1. The van der Waals surface area contributed by atoms with Crippen LogP contribution in [0.25, 0.3) is 0 Å². The Balaban J connectivity index is 2.21. The molecule has 0 saturated carbocycles. The van der Waals surface area contributed by atoms with Gasteiger partial charge in [-0.3, -0.25) is 9.69 Å². The molecule has 0 bridgehead atoms. The first kappa shape index (κ1) is 7.56.